The molecule has 0 unspecified atom stereocenters. The quantitative estimate of drug-likeness (QED) is 0.481. The number of hydrogen-bond donors (Lipinski definition) is 1. The number of carbonyl (C=O) groups is 1. The van der Waals surface area contributed by atoms with Crippen molar-refractivity contribution in [3.8, 4) is 17.7 Å². The summed E-state index contributed by atoms with van der Waals surface area (Å²) in [5, 5.41) is 12.3. The van der Waals surface area contributed by atoms with E-state index in [0.717, 1.165) is 5.69 Å². The SMILES string of the molecule is COC(=O)c1cn(C)c2cc(Oc3ccnc(Nc4ccc(C#N)cc4)n3)ccc2c1=O. The van der Waals surface area contributed by atoms with Gasteiger partial charge in [0.05, 0.1) is 24.3 Å². The number of nitrogens with zero attached hydrogens (tertiary/aromatic N) is 4. The van der Waals surface area contributed by atoms with E-state index in [1.165, 1.54) is 13.3 Å². The first-order valence-corrected chi connectivity index (χ1v) is 9.48. The van der Waals surface area contributed by atoms with Crippen LogP contribution in [0.4, 0.5) is 11.6 Å². The van der Waals surface area contributed by atoms with Crippen LogP contribution in [0, 0.1) is 11.3 Å². The van der Waals surface area contributed by atoms with Crippen LogP contribution in [0.1, 0.15) is 15.9 Å². The molecular weight excluding hydrogens is 410 g/mol. The van der Waals surface area contributed by atoms with E-state index < -0.39 is 11.4 Å². The van der Waals surface area contributed by atoms with Gasteiger partial charge in [0, 0.05) is 42.6 Å². The second kappa shape index (κ2) is 8.57. The molecule has 0 aliphatic rings. The third-order valence-corrected chi connectivity index (χ3v) is 4.69. The molecular formula is C23H17N5O4. The molecule has 0 radical (unpaired) electrons. The van der Waals surface area contributed by atoms with Crippen LogP contribution in [0.25, 0.3) is 10.9 Å². The largest absolute Gasteiger partial charge is 0.465 e. The molecule has 4 rings (SSSR count). The fourth-order valence-corrected chi connectivity index (χ4v) is 3.12. The molecule has 2 heterocycles. The minimum Gasteiger partial charge on any atom is -0.465 e. The van der Waals surface area contributed by atoms with Gasteiger partial charge in [-0.15, -0.1) is 0 Å². The zero-order valence-electron chi connectivity index (χ0n) is 17.2. The Morgan fingerprint density at radius 2 is 1.94 bits per heavy atom. The molecule has 0 saturated carbocycles. The molecule has 0 amide bonds. The van der Waals surface area contributed by atoms with E-state index >= 15 is 0 Å². The Balaban J connectivity index is 1.60. The summed E-state index contributed by atoms with van der Waals surface area (Å²) < 4.78 is 12.2. The Morgan fingerprint density at radius 1 is 1.16 bits per heavy atom. The van der Waals surface area contributed by atoms with Gasteiger partial charge in [0.2, 0.25) is 17.3 Å². The molecule has 0 saturated heterocycles. The van der Waals surface area contributed by atoms with E-state index in [9.17, 15) is 9.59 Å². The first-order chi connectivity index (χ1) is 15.5. The van der Waals surface area contributed by atoms with Crippen molar-refractivity contribution in [3.63, 3.8) is 0 Å². The van der Waals surface area contributed by atoms with Gasteiger partial charge in [-0.05, 0) is 36.4 Å². The number of methoxy groups -OCH3 is 1. The van der Waals surface area contributed by atoms with Crippen LogP contribution in [-0.2, 0) is 11.8 Å². The number of benzene rings is 2. The van der Waals surface area contributed by atoms with Crippen LogP contribution >= 0.6 is 0 Å². The maximum Gasteiger partial charge on any atom is 0.343 e. The summed E-state index contributed by atoms with van der Waals surface area (Å²) in [5.74, 6) is 0.396. The molecule has 4 aromatic rings. The maximum absolute atomic E-state index is 12.6. The highest BCUT2D eigenvalue weighted by atomic mass is 16.5. The minimum atomic E-state index is -0.684. The number of hydrogen-bond acceptors (Lipinski definition) is 8. The lowest BCUT2D eigenvalue weighted by molar-refractivity contribution is 0.0598. The summed E-state index contributed by atoms with van der Waals surface area (Å²) >= 11 is 0. The molecule has 0 aliphatic heterocycles. The maximum atomic E-state index is 12.6. The molecule has 9 nitrogen and oxygen atoms in total. The van der Waals surface area contributed by atoms with Gasteiger partial charge >= 0.3 is 5.97 Å². The highest BCUT2D eigenvalue weighted by Gasteiger charge is 2.15. The number of aromatic nitrogens is 3. The highest BCUT2D eigenvalue weighted by Crippen LogP contribution is 2.24. The van der Waals surface area contributed by atoms with Crippen molar-refractivity contribution >= 4 is 28.5 Å². The number of rotatable bonds is 5. The number of esters is 1. The average Bonchev–Trinajstić information content (AvgIpc) is 2.81. The number of pyridine rings is 1. The summed E-state index contributed by atoms with van der Waals surface area (Å²) in [6, 6.07) is 15.5. The van der Waals surface area contributed by atoms with Gasteiger partial charge in [0.15, 0.2) is 0 Å². The molecule has 9 heteroatoms. The molecule has 32 heavy (non-hydrogen) atoms. The van der Waals surface area contributed by atoms with E-state index in [0.29, 0.717) is 34.0 Å². The van der Waals surface area contributed by atoms with E-state index in [-0.39, 0.29) is 5.56 Å². The summed E-state index contributed by atoms with van der Waals surface area (Å²) in [7, 11) is 2.96. The van der Waals surface area contributed by atoms with E-state index in [4.69, 9.17) is 10.00 Å². The molecule has 2 aromatic heterocycles. The number of carbonyl (C=O) groups excluding carboxylic acids is 1. The molecule has 0 aliphatic carbocycles. The average molecular weight is 427 g/mol. The fourth-order valence-electron chi connectivity index (χ4n) is 3.12. The monoisotopic (exact) mass is 427 g/mol. The summed E-state index contributed by atoms with van der Waals surface area (Å²) in [6.07, 6.45) is 2.98. The van der Waals surface area contributed by atoms with Crippen molar-refractivity contribution in [1.29, 1.82) is 5.26 Å². The lowest BCUT2D eigenvalue weighted by Crippen LogP contribution is -2.19. The predicted octanol–water partition coefficient (Wildman–Crippen LogP) is 3.52. The number of aryl methyl sites for hydroxylation is 1. The number of ether oxygens (including phenoxy) is 2. The van der Waals surface area contributed by atoms with Crippen LogP contribution < -0.4 is 15.5 Å². The van der Waals surface area contributed by atoms with Crippen molar-refractivity contribution in [2.75, 3.05) is 12.4 Å². The third-order valence-electron chi connectivity index (χ3n) is 4.69. The van der Waals surface area contributed by atoms with E-state index in [2.05, 4.69) is 26.1 Å². The standard InChI is InChI=1S/C23H17N5O4/c1-28-13-18(22(30)31-2)21(29)17-8-7-16(11-19(17)28)32-20-9-10-25-23(27-20)26-15-5-3-14(12-24)4-6-15/h3-11,13H,1-2H3,(H,25,26,27). The van der Waals surface area contributed by atoms with Gasteiger partial charge in [0.25, 0.3) is 0 Å². The second-order valence-corrected chi connectivity index (χ2v) is 6.79. The number of fused-ring (bicyclic) bond motifs is 1. The third kappa shape index (κ3) is 4.11. The van der Waals surface area contributed by atoms with Crippen molar-refractivity contribution in [2.45, 2.75) is 0 Å². The predicted molar refractivity (Wildman–Crippen MR) is 117 cm³/mol. The zero-order chi connectivity index (χ0) is 22.7. The van der Waals surface area contributed by atoms with Crippen LogP contribution in [0.3, 0.4) is 0 Å². The normalized spacial score (nSPS) is 10.4. The Labute approximate surface area is 182 Å². The Bertz CT molecular complexity index is 1420. The van der Waals surface area contributed by atoms with Gasteiger partial charge in [-0.25, -0.2) is 9.78 Å². The first-order valence-electron chi connectivity index (χ1n) is 9.48. The van der Waals surface area contributed by atoms with Crippen molar-refractivity contribution in [1.82, 2.24) is 14.5 Å². The van der Waals surface area contributed by atoms with Crippen LogP contribution in [0.5, 0.6) is 11.6 Å². The smallest absolute Gasteiger partial charge is 0.343 e. The summed E-state index contributed by atoms with van der Waals surface area (Å²) in [6.45, 7) is 0. The van der Waals surface area contributed by atoms with Crippen molar-refractivity contribution < 1.29 is 14.3 Å². The lowest BCUT2D eigenvalue weighted by atomic mass is 10.1. The minimum absolute atomic E-state index is 0.0366. The van der Waals surface area contributed by atoms with Gasteiger partial charge in [0.1, 0.15) is 11.3 Å². The lowest BCUT2D eigenvalue weighted by Gasteiger charge is -2.11. The molecule has 1 N–H and O–H groups in total. The van der Waals surface area contributed by atoms with Crippen molar-refractivity contribution in [2.24, 2.45) is 7.05 Å². The van der Waals surface area contributed by atoms with E-state index in [1.54, 1.807) is 66.3 Å². The second-order valence-electron chi connectivity index (χ2n) is 6.79. The molecule has 0 bridgehead atoms. The Morgan fingerprint density at radius 3 is 2.66 bits per heavy atom. The molecule has 0 atom stereocenters. The highest BCUT2D eigenvalue weighted by molar-refractivity contribution is 5.94. The number of anilines is 2. The summed E-state index contributed by atoms with van der Waals surface area (Å²) in [4.78, 5) is 33.0. The molecule has 0 spiro atoms. The molecule has 0 fully saturated rings. The van der Waals surface area contributed by atoms with Gasteiger partial charge in [-0.1, -0.05) is 0 Å². The number of nitrogens with one attached hydrogen (secondary N) is 1. The van der Waals surface area contributed by atoms with Gasteiger partial charge in [-0.3, -0.25) is 4.79 Å². The molecule has 158 valence electrons. The fraction of sp³-hybridized carbons (Fsp3) is 0.0870. The first kappa shape index (κ1) is 20.6. The van der Waals surface area contributed by atoms with Crippen LogP contribution in [0.2, 0.25) is 0 Å². The zero-order valence-corrected chi connectivity index (χ0v) is 17.2. The van der Waals surface area contributed by atoms with Gasteiger partial charge in [-0.2, -0.15) is 10.2 Å². The van der Waals surface area contributed by atoms with E-state index in [1.807, 2.05) is 0 Å². The topological polar surface area (TPSA) is 119 Å². The Kier molecular flexibility index (Phi) is 5.51. The van der Waals surface area contributed by atoms with Crippen LogP contribution in [-0.4, -0.2) is 27.6 Å². The van der Waals surface area contributed by atoms with Gasteiger partial charge < -0.3 is 19.4 Å². The Hall–Kier alpha value is -4.71. The van der Waals surface area contributed by atoms with Crippen molar-refractivity contribution in [3.05, 3.63) is 82.3 Å². The molecule has 2 aromatic carbocycles. The number of nitriles is 1. The van der Waals surface area contributed by atoms with Crippen LogP contribution in [0.15, 0.2) is 65.7 Å². The summed E-state index contributed by atoms with van der Waals surface area (Å²) in [5.41, 5.74) is 1.42.